The van der Waals surface area contributed by atoms with Crippen LogP contribution in [0.25, 0.3) is 10.8 Å². The monoisotopic (exact) mass is 383 g/mol. The first kappa shape index (κ1) is 22.2. The molecule has 0 bridgehead atoms. The smallest absolute Gasteiger partial charge is 0.148 e. The van der Waals surface area contributed by atoms with Gasteiger partial charge in [0.15, 0.2) is 0 Å². The molecule has 0 fully saturated rings. The summed E-state index contributed by atoms with van der Waals surface area (Å²) >= 11 is 0. The van der Waals surface area contributed by atoms with Crippen molar-refractivity contribution in [2.24, 2.45) is 5.73 Å². The maximum atomic E-state index is 10.8. The van der Waals surface area contributed by atoms with Crippen LogP contribution in [0.3, 0.4) is 0 Å². The van der Waals surface area contributed by atoms with Crippen molar-refractivity contribution in [3.05, 3.63) is 41.5 Å². The molecular formula is C24H33NO3. The highest BCUT2D eigenvalue weighted by Gasteiger charge is 2.30. The van der Waals surface area contributed by atoms with Gasteiger partial charge in [0.25, 0.3) is 0 Å². The SMILES string of the molecule is CCCCCCCCC#Cc1ccc2ccc(C(N)(CCO)OC)c(O)c2c1. The zero-order chi connectivity index (χ0) is 20.4. The van der Waals surface area contributed by atoms with Gasteiger partial charge in [-0.2, -0.15) is 0 Å². The van der Waals surface area contributed by atoms with Gasteiger partial charge in [-0.15, -0.1) is 0 Å². The fraction of sp³-hybridized carbons (Fsp3) is 0.500. The average molecular weight is 384 g/mol. The van der Waals surface area contributed by atoms with Gasteiger partial charge in [-0.1, -0.05) is 69.1 Å². The van der Waals surface area contributed by atoms with Crippen LogP contribution in [0.5, 0.6) is 5.75 Å². The predicted octanol–water partition coefficient (Wildman–Crippen LogP) is 4.79. The van der Waals surface area contributed by atoms with Crippen LogP contribution < -0.4 is 5.73 Å². The number of aromatic hydroxyl groups is 1. The van der Waals surface area contributed by atoms with Crippen molar-refractivity contribution < 1.29 is 14.9 Å². The van der Waals surface area contributed by atoms with Gasteiger partial charge in [-0.3, -0.25) is 5.73 Å². The fourth-order valence-corrected chi connectivity index (χ4v) is 3.39. The zero-order valence-corrected chi connectivity index (χ0v) is 17.1. The predicted molar refractivity (Wildman–Crippen MR) is 115 cm³/mol. The number of nitrogens with two attached hydrogens (primary N) is 1. The molecule has 0 saturated heterocycles. The molecule has 0 spiro atoms. The lowest BCUT2D eigenvalue weighted by Crippen LogP contribution is -2.39. The fourth-order valence-electron chi connectivity index (χ4n) is 3.39. The number of phenolic OH excluding ortho intramolecular Hbond substituents is 1. The number of fused-ring (bicyclic) bond motifs is 1. The Morgan fingerprint density at radius 3 is 2.50 bits per heavy atom. The molecule has 0 radical (unpaired) electrons. The number of rotatable bonds is 10. The van der Waals surface area contributed by atoms with Crippen LogP contribution in [0.2, 0.25) is 0 Å². The van der Waals surface area contributed by atoms with Crippen LogP contribution in [0.4, 0.5) is 0 Å². The topological polar surface area (TPSA) is 75.7 Å². The third-order valence-corrected chi connectivity index (χ3v) is 5.18. The Morgan fingerprint density at radius 1 is 1.07 bits per heavy atom. The van der Waals surface area contributed by atoms with Crippen molar-refractivity contribution in [3.63, 3.8) is 0 Å². The van der Waals surface area contributed by atoms with Crippen molar-refractivity contribution in [3.8, 4) is 17.6 Å². The summed E-state index contributed by atoms with van der Waals surface area (Å²) in [6.45, 7) is 2.09. The Labute approximate surface area is 168 Å². The minimum absolute atomic E-state index is 0.0786. The van der Waals surface area contributed by atoms with Gasteiger partial charge >= 0.3 is 0 Å². The molecule has 2 rings (SSSR count). The van der Waals surface area contributed by atoms with Gasteiger partial charge in [0.1, 0.15) is 11.5 Å². The molecule has 4 heteroatoms. The van der Waals surface area contributed by atoms with Gasteiger partial charge in [0.2, 0.25) is 0 Å². The van der Waals surface area contributed by atoms with Crippen LogP contribution in [0, 0.1) is 11.8 Å². The van der Waals surface area contributed by atoms with E-state index in [1.54, 1.807) is 6.07 Å². The number of phenols is 1. The molecule has 28 heavy (non-hydrogen) atoms. The summed E-state index contributed by atoms with van der Waals surface area (Å²) in [5.41, 5.74) is 6.35. The minimum Gasteiger partial charge on any atom is -0.507 e. The highest BCUT2D eigenvalue weighted by atomic mass is 16.5. The number of unbranched alkanes of at least 4 members (excludes halogenated alkanes) is 6. The Hall–Kier alpha value is -2.06. The van der Waals surface area contributed by atoms with E-state index >= 15 is 0 Å². The molecule has 0 aromatic heterocycles. The zero-order valence-electron chi connectivity index (χ0n) is 17.1. The number of aliphatic hydroxyl groups excluding tert-OH is 1. The van der Waals surface area contributed by atoms with Crippen molar-refractivity contribution in [1.82, 2.24) is 0 Å². The van der Waals surface area contributed by atoms with Crippen molar-refractivity contribution in [2.75, 3.05) is 13.7 Å². The molecule has 4 nitrogen and oxygen atoms in total. The normalized spacial score (nSPS) is 13.1. The van der Waals surface area contributed by atoms with E-state index in [4.69, 9.17) is 10.5 Å². The second-order valence-corrected chi connectivity index (χ2v) is 7.28. The molecule has 0 amide bonds. The molecule has 0 aliphatic rings. The van der Waals surface area contributed by atoms with Gasteiger partial charge < -0.3 is 14.9 Å². The van der Waals surface area contributed by atoms with Crippen LogP contribution in [-0.4, -0.2) is 23.9 Å². The Balaban J connectivity index is 2.14. The molecule has 0 heterocycles. The number of benzene rings is 2. The lowest BCUT2D eigenvalue weighted by atomic mass is 9.94. The van der Waals surface area contributed by atoms with Crippen molar-refractivity contribution in [1.29, 1.82) is 0 Å². The molecule has 2 aromatic rings. The number of hydrogen-bond acceptors (Lipinski definition) is 4. The maximum absolute atomic E-state index is 10.8. The Kier molecular flexibility index (Phi) is 8.79. The van der Waals surface area contributed by atoms with E-state index in [-0.39, 0.29) is 18.8 Å². The molecule has 0 aliphatic heterocycles. The summed E-state index contributed by atoms with van der Waals surface area (Å²) in [7, 11) is 1.48. The summed E-state index contributed by atoms with van der Waals surface area (Å²) in [6, 6.07) is 9.45. The van der Waals surface area contributed by atoms with E-state index in [0.717, 1.165) is 23.8 Å². The van der Waals surface area contributed by atoms with Crippen LogP contribution in [-0.2, 0) is 10.5 Å². The number of aliphatic hydroxyl groups is 1. The largest absolute Gasteiger partial charge is 0.507 e. The van der Waals surface area contributed by atoms with Crippen LogP contribution >= 0.6 is 0 Å². The summed E-state index contributed by atoms with van der Waals surface area (Å²) in [4.78, 5) is 0. The third-order valence-electron chi connectivity index (χ3n) is 5.18. The van der Waals surface area contributed by atoms with Gasteiger partial charge in [0.05, 0.1) is 0 Å². The molecule has 1 unspecified atom stereocenters. The first-order valence-corrected chi connectivity index (χ1v) is 10.3. The Morgan fingerprint density at radius 2 is 1.79 bits per heavy atom. The molecule has 152 valence electrons. The lowest BCUT2D eigenvalue weighted by Gasteiger charge is -2.28. The second kappa shape index (κ2) is 11.1. The molecular weight excluding hydrogens is 350 g/mol. The molecule has 4 N–H and O–H groups in total. The van der Waals surface area contributed by atoms with Gasteiger partial charge in [0, 0.05) is 43.1 Å². The highest BCUT2D eigenvalue weighted by molar-refractivity contribution is 5.90. The molecule has 2 aromatic carbocycles. The van der Waals surface area contributed by atoms with E-state index in [1.807, 2.05) is 24.3 Å². The van der Waals surface area contributed by atoms with Crippen molar-refractivity contribution in [2.45, 2.75) is 64.0 Å². The standard InChI is InChI=1S/C24H33NO3/c1-3-4-5-6-7-8-9-10-11-19-12-13-20-14-15-22(23(27)21(20)18-19)24(25,28-2)16-17-26/h12-15,18,26-27H,3-9,16-17,25H2,1-2H3. The first-order chi connectivity index (χ1) is 13.6. The molecule has 0 saturated carbocycles. The van der Waals surface area contributed by atoms with E-state index in [0.29, 0.717) is 10.9 Å². The van der Waals surface area contributed by atoms with Crippen LogP contribution in [0.1, 0.15) is 69.4 Å². The molecule has 1 atom stereocenters. The van der Waals surface area contributed by atoms with Gasteiger partial charge in [-0.25, -0.2) is 0 Å². The number of hydrogen-bond donors (Lipinski definition) is 3. The summed E-state index contributed by atoms with van der Waals surface area (Å²) in [6.07, 6.45) is 8.64. The van der Waals surface area contributed by atoms with Gasteiger partial charge in [-0.05, 0) is 23.9 Å². The van der Waals surface area contributed by atoms with E-state index < -0.39 is 5.72 Å². The number of methoxy groups -OCH3 is 1. The quantitative estimate of drug-likeness (QED) is 0.313. The van der Waals surface area contributed by atoms with E-state index in [2.05, 4.69) is 18.8 Å². The second-order valence-electron chi connectivity index (χ2n) is 7.28. The lowest BCUT2D eigenvalue weighted by molar-refractivity contribution is -0.0295. The average Bonchev–Trinajstić information content (AvgIpc) is 2.70. The Bertz CT molecular complexity index is 822. The third kappa shape index (κ3) is 5.72. The van der Waals surface area contributed by atoms with E-state index in [1.165, 1.54) is 39.2 Å². The minimum atomic E-state index is -1.23. The highest BCUT2D eigenvalue weighted by Crippen LogP contribution is 2.36. The summed E-state index contributed by atoms with van der Waals surface area (Å²) in [5, 5.41) is 21.7. The molecule has 0 aliphatic carbocycles. The maximum Gasteiger partial charge on any atom is 0.148 e. The van der Waals surface area contributed by atoms with Crippen LogP contribution in [0.15, 0.2) is 30.3 Å². The van der Waals surface area contributed by atoms with E-state index in [9.17, 15) is 10.2 Å². The summed E-state index contributed by atoms with van der Waals surface area (Å²) in [5.74, 6) is 6.52. The van der Waals surface area contributed by atoms with Crippen molar-refractivity contribution >= 4 is 10.8 Å². The first-order valence-electron chi connectivity index (χ1n) is 10.3. The number of ether oxygens (including phenoxy) is 1. The summed E-state index contributed by atoms with van der Waals surface area (Å²) < 4.78 is 5.38.